The quantitative estimate of drug-likeness (QED) is 0.707. The minimum atomic E-state index is -4.19. The number of hydrogen-bond acceptors (Lipinski definition) is 6. The average Bonchev–Trinajstić information content (AvgIpc) is 2.41. The van der Waals surface area contributed by atoms with Crippen LogP contribution in [0.15, 0.2) is 0 Å². The topological polar surface area (TPSA) is 69.2 Å². The summed E-state index contributed by atoms with van der Waals surface area (Å²) in [6.07, 6.45) is -4.47. The molecular weight excluding hydrogens is 289 g/mol. The Balaban J connectivity index is 2.60. The van der Waals surface area contributed by atoms with E-state index in [-0.39, 0.29) is 31.0 Å². The molecule has 0 radical (unpaired) electrons. The highest BCUT2D eigenvalue weighted by molar-refractivity contribution is 5.27. The molecule has 9 heteroatoms. The summed E-state index contributed by atoms with van der Waals surface area (Å²) in [5.74, 6) is 0.268. The van der Waals surface area contributed by atoms with Gasteiger partial charge < -0.3 is 14.8 Å². The Morgan fingerprint density at radius 3 is 2.14 bits per heavy atom. The standard InChI is InChI=1S/C12H19F3N4O2/c1-3-7-20-10-17-9(16-4-2)18-11(19-10)21-8-5-6-12(13,14)15/h3-8H2,1-2H3,(H,16,17,18,19). The van der Waals surface area contributed by atoms with Crippen molar-refractivity contribution in [3.05, 3.63) is 0 Å². The predicted octanol–water partition coefficient (Wildman–Crippen LogP) is 2.81. The first-order chi connectivity index (χ1) is 9.94. The molecule has 0 unspecified atom stereocenters. The minimum Gasteiger partial charge on any atom is -0.463 e. The highest BCUT2D eigenvalue weighted by Crippen LogP contribution is 2.21. The number of alkyl halides is 3. The highest BCUT2D eigenvalue weighted by atomic mass is 19.4. The number of rotatable bonds is 9. The number of halogens is 3. The van der Waals surface area contributed by atoms with Gasteiger partial charge in [0, 0.05) is 13.0 Å². The van der Waals surface area contributed by atoms with Crippen LogP contribution in [0.3, 0.4) is 0 Å². The lowest BCUT2D eigenvalue weighted by atomic mass is 10.3. The van der Waals surface area contributed by atoms with Crippen LogP contribution in [0.4, 0.5) is 19.1 Å². The number of hydrogen-bond donors (Lipinski definition) is 1. The van der Waals surface area contributed by atoms with Crippen LogP contribution in [0.5, 0.6) is 12.0 Å². The molecule has 120 valence electrons. The fraction of sp³-hybridized carbons (Fsp3) is 0.750. The van der Waals surface area contributed by atoms with Gasteiger partial charge in [0.2, 0.25) is 5.95 Å². The summed E-state index contributed by atoms with van der Waals surface area (Å²) < 4.78 is 46.5. The van der Waals surface area contributed by atoms with Crippen LogP contribution in [0, 0.1) is 0 Å². The van der Waals surface area contributed by atoms with Crippen LogP contribution in [0.1, 0.15) is 33.1 Å². The molecule has 0 aromatic carbocycles. The Kier molecular flexibility index (Phi) is 6.97. The van der Waals surface area contributed by atoms with Gasteiger partial charge in [0.15, 0.2) is 0 Å². The number of ether oxygens (including phenoxy) is 2. The molecule has 1 rings (SSSR count). The normalized spacial score (nSPS) is 11.3. The van der Waals surface area contributed by atoms with Crippen LogP contribution in [0.25, 0.3) is 0 Å². The molecule has 0 saturated heterocycles. The monoisotopic (exact) mass is 308 g/mol. The van der Waals surface area contributed by atoms with Crippen molar-refractivity contribution < 1.29 is 22.6 Å². The van der Waals surface area contributed by atoms with Crippen molar-refractivity contribution in [3.63, 3.8) is 0 Å². The summed E-state index contributed by atoms with van der Waals surface area (Å²) in [7, 11) is 0. The lowest BCUT2D eigenvalue weighted by Crippen LogP contribution is -2.12. The Labute approximate surface area is 121 Å². The van der Waals surface area contributed by atoms with Gasteiger partial charge in [-0.25, -0.2) is 0 Å². The lowest BCUT2D eigenvalue weighted by Gasteiger charge is -2.10. The van der Waals surface area contributed by atoms with Gasteiger partial charge >= 0.3 is 18.2 Å². The van der Waals surface area contributed by atoms with Gasteiger partial charge in [-0.15, -0.1) is 4.98 Å². The maximum absolute atomic E-state index is 12.0. The van der Waals surface area contributed by atoms with Crippen molar-refractivity contribution in [2.24, 2.45) is 0 Å². The van der Waals surface area contributed by atoms with Crippen molar-refractivity contribution in [1.82, 2.24) is 15.0 Å². The Morgan fingerprint density at radius 1 is 1.00 bits per heavy atom. The molecule has 0 aliphatic rings. The number of nitrogens with zero attached hydrogens (tertiary/aromatic N) is 3. The van der Waals surface area contributed by atoms with Crippen LogP contribution in [0.2, 0.25) is 0 Å². The van der Waals surface area contributed by atoms with Gasteiger partial charge in [-0.2, -0.15) is 23.1 Å². The van der Waals surface area contributed by atoms with Crippen molar-refractivity contribution in [3.8, 4) is 12.0 Å². The van der Waals surface area contributed by atoms with Crippen LogP contribution >= 0.6 is 0 Å². The summed E-state index contributed by atoms with van der Waals surface area (Å²) in [4.78, 5) is 11.9. The van der Waals surface area contributed by atoms with Crippen LogP contribution < -0.4 is 14.8 Å². The molecule has 0 amide bonds. The van der Waals surface area contributed by atoms with Gasteiger partial charge in [-0.05, 0) is 19.8 Å². The molecule has 6 nitrogen and oxygen atoms in total. The first kappa shape index (κ1) is 17.3. The third-order valence-corrected chi connectivity index (χ3v) is 2.20. The predicted molar refractivity (Wildman–Crippen MR) is 70.6 cm³/mol. The van der Waals surface area contributed by atoms with Crippen molar-refractivity contribution >= 4 is 5.95 Å². The first-order valence-corrected chi connectivity index (χ1v) is 6.77. The second-order valence-electron chi connectivity index (χ2n) is 4.17. The average molecular weight is 308 g/mol. The summed E-state index contributed by atoms with van der Waals surface area (Å²) in [6.45, 7) is 4.69. The van der Waals surface area contributed by atoms with E-state index < -0.39 is 12.6 Å². The maximum atomic E-state index is 12.0. The zero-order valence-electron chi connectivity index (χ0n) is 12.0. The van der Waals surface area contributed by atoms with Crippen molar-refractivity contribution in [2.45, 2.75) is 39.3 Å². The molecule has 21 heavy (non-hydrogen) atoms. The molecule has 0 bridgehead atoms. The van der Waals surface area contributed by atoms with E-state index in [1.165, 1.54) is 0 Å². The van der Waals surface area contributed by atoms with E-state index in [1.807, 2.05) is 13.8 Å². The Bertz CT molecular complexity index is 429. The first-order valence-electron chi connectivity index (χ1n) is 6.77. The molecule has 0 atom stereocenters. The SMILES string of the molecule is CCCOc1nc(NCC)nc(OCCCC(F)(F)F)n1. The summed E-state index contributed by atoms with van der Waals surface area (Å²) in [6, 6.07) is 0.0443. The molecule has 0 aliphatic carbocycles. The van der Waals surface area contributed by atoms with E-state index in [0.717, 1.165) is 6.42 Å². The summed E-state index contributed by atoms with van der Waals surface area (Å²) in [5, 5.41) is 2.88. The summed E-state index contributed by atoms with van der Waals surface area (Å²) in [5.41, 5.74) is 0. The Morgan fingerprint density at radius 2 is 1.62 bits per heavy atom. The molecular formula is C12H19F3N4O2. The molecule has 1 aromatic rings. The lowest BCUT2D eigenvalue weighted by molar-refractivity contribution is -0.136. The van der Waals surface area contributed by atoms with Gasteiger partial charge in [-0.3, -0.25) is 0 Å². The molecule has 0 fully saturated rings. The Hall–Kier alpha value is -1.80. The van der Waals surface area contributed by atoms with Gasteiger partial charge in [0.1, 0.15) is 0 Å². The summed E-state index contributed by atoms with van der Waals surface area (Å²) >= 11 is 0. The fourth-order valence-corrected chi connectivity index (χ4v) is 1.33. The zero-order chi connectivity index (χ0) is 15.7. The zero-order valence-corrected chi connectivity index (χ0v) is 12.0. The second-order valence-corrected chi connectivity index (χ2v) is 4.17. The van der Waals surface area contributed by atoms with E-state index in [2.05, 4.69) is 20.3 Å². The smallest absolute Gasteiger partial charge is 0.389 e. The molecule has 0 saturated carbocycles. The third kappa shape index (κ3) is 7.52. The van der Waals surface area contributed by atoms with Crippen LogP contribution in [-0.2, 0) is 0 Å². The molecule has 1 N–H and O–H groups in total. The molecule has 1 aromatic heterocycles. The van der Waals surface area contributed by atoms with E-state index in [9.17, 15) is 13.2 Å². The van der Waals surface area contributed by atoms with E-state index in [4.69, 9.17) is 9.47 Å². The van der Waals surface area contributed by atoms with E-state index >= 15 is 0 Å². The van der Waals surface area contributed by atoms with Gasteiger partial charge in [-0.1, -0.05) is 6.92 Å². The second kappa shape index (κ2) is 8.48. The van der Waals surface area contributed by atoms with Gasteiger partial charge in [0.05, 0.1) is 13.2 Å². The molecule has 1 heterocycles. The molecule has 0 spiro atoms. The van der Waals surface area contributed by atoms with Crippen molar-refractivity contribution in [2.75, 3.05) is 25.1 Å². The van der Waals surface area contributed by atoms with E-state index in [0.29, 0.717) is 13.2 Å². The van der Waals surface area contributed by atoms with Crippen LogP contribution in [-0.4, -0.2) is 40.9 Å². The number of nitrogens with one attached hydrogen (secondary N) is 1. The van der Waals surface area contributed by atoms with Crippen molar-refractivity contribution in [1.29, 1.82) is 0 Å². The van der Waals surface area contributed by atoms with Gasteiger partial charge in [0.25, 0.3) is 0 Å². The maximum Gasteiger partial charge on any atom is 0.389 e. The largest absolute Gasteiger partial charge is 0.463 e. The highest BCUT2D eigenvalue weighted by Gasteiger charge is 2.26. The number of anilines is 1. The molecule has 0 aliphatic heterocycles. The number of aromatic nitrogens is 3. The third-order valence-electron chi connectivity index (χ3n) is 2.20. The van der Waals surface area contributed by atoms with E-state index in [1.54, 1.807) is 0 Å². The minimum absolute atomic E-state index is 0.0470. The fourth-order valence-electron chi connectivity index (χ4n) is 1.33.